The summed E-state index contributed by atoms with van der Waals surface area (Å²) in [6, 6.07) is 20.1. The number of aromatic carboxylic acids is 1. The molecule has 7 nitrogen and oxygen atoms in total. The first-order chi connectivity index (χ1) is 22.4. The minimum Gasteiger partial charge on any atom is -0.494 e. The van der Waals surface area contributed by atoms with Gasteiger partial charge >= 0.3 is 5.97 Å². The average molecular weight is 624 g/mol. The van der Waals surface area contributed by atoms with E-state index in [9.17, 15) is 14.7 Å². The molecule has 1 amide bonds. The van der Waals surface area contributed by atoms with Crippen LogP contribution in [0.1, 0.15) is 115 Å². The summed E-state index contributed by atoms with van der Waals surface area (Å²) in [7, 11) is 0. The molecule has 0 saturated heterocycles. The topological polar surface area (TPSA) is 107 Å². The molecule has 0 spiro atoms. The van der Waals surface area contributed by atoms with E-state index in [4.69, 9.17) is 10.6 Å². The Balaban J connectivity index is 1.51. The molecule has 7 heteroatoms. The number of hydrogen-bond acceptors (Lipinski definition) is 4. The van der Waals surface area contributed by atoms with Gasteiger partial charge in [-0.15, -0.1) is 0 Å². The monoisotopic (exact) mass is 623 g/mol. The maximum atomic E-state index is 13.2. The highest BCUT2D eigenvalue weighted by Crippen LogP contribution is 2.43. The van der Waals surface area contributed by atoms with E-state index in [1.807, 2.05) is 12.1 Å². The van der Waals surface area contributed by atoms with Crippen molar-refractivity contribution in [3.05, 3.63) is 99.7 Å². The fraction of sp³-hybridized carbons (Fsp3) is 0.436. The molecule has 1 unspecified atom stereocenters. The van der Waals surface area contributed by atoms with Crippen LogP contribution in [0.25, 0.3) is 10.9 Å². The predicted octanol–water partition coefficient (Wildman–Crippen LogP) is 7.88. The quantitative estimate of drug-likeness (QED) is 0.0509. The van der Waals surface area contributed by atoms with Crippen molar-refractivity contribution in [1.82, 2.24) is 9.99 Å². The number of nitrogens with zero attached hydrogens (tertiary/aromatic N) is 1. The van der Waals surface area contributed by atoms with Gasteiger partial charge in [-0.2, -0.15) is 0 Å². The maximum Gasteiger partial charge on any atom is 0.335 e. The lowest BCUT2D eigenvalue weighted by molar-refractivity contribution is -0.122. The van der Waals surface area contributed by atoms with Crippen molar-refractivity contribution in [1.29, 1.82) is 0 Å². The molecular weight excluding hydrogens is 574 g/mol. The Hall–Kier alpha value is -4.10. The Bertz CT molecular complexity index is 1640. The molecule has 46 heavy (non-hydrogen) atoms. The van der Waals surface area contributed by atoms with Gasteiger partial charge in [-0.05, 0) is 103 Å². The Kier molecular flexibility index (Phi) is 11.5. The van der Waals surface area contributed by atoms with Gasteiger partial charge in [0.15, 0.2) is 0 Å². The second kappa shape index (κ2) is 15.9. The third-order valence-electron chi connectivity index (χ3n) is 9.53. The number of ether oxygens (including phenoxy) is 1. The number of aryl methyl sites for hydroxylation is 3. The molecule has 0 aliphatic heterocycles. The molecule has 1 atom stereocenters. The van der Waals surface area contributed by atoms with Crippen LogP contribution < -0.4 is 16.0 Å². The van der Waals surface area contributed by atoms with Gasteiger partial charge < -0.3 is 14.4 Å². The minimum absolute atomic E-state index is 0.129. The summed E-state index contributed by atoms with van der Waals surface area (Å²) in [6.45, 7) is 5.77. The van der Waals surface area contributed by atoms with Crippen molar-refractivity contribution < 1.29 is 19.4 Å². The van der Waals surface area contributed by atoms with E-state index in [-0.39, 0.29) is 11.8 Å². The van der Waals surface area contributed by atoms with E-state index >= 15 is 0 Å². The highest BCUT2D eigenvalue weighted by molar-refractivity contribution is 5.96. The number of rotatable bonds is 16. The molecule has 0 bridgehead atoms. The van der Waals surface area contributed by atoms with Crippen molar-refractivity contribution in [2.75, 3.05) is 6.61 Å². The second-order valence-corrected chi connectivity index (χ2v) is 12.6. The molecule has 1 aliphatic rings. The van der Waals surface area contributed by atoms with Crippen LogP contribution in [-0.2, 0) is 37.0 Å². The van der Waals surface area contributed by atoms with Crippen LogP contribution in [0.5, 0.6) is 5.75 Å². The van der Waals surface area contributed by atoms with Crippen molar-refractivity contribution >= 4 is 22.8 Å². The predicted molar refractivity (Wildman–Crippen MR) is 185 cm³/mol. The first kappa shape index (κ1) is 33.3. The van der Waals surface area contributed by atoms with Crippen molar-refractivity contribution in [3.63, 3.8) is 0 Å². The largest absolute Gasteiger partial charge is 0.494 e. The maximum absolute atomic E-state index is 13.2. The highest BCUT2D eigenvalue weighted by Gasteiger charge is 2.33. The molecule has 4 aromatic rings. The third-order valence-corrected chi connectivity index (χ3v) is 9.53. The second-order valence-electron chi connectivity index (χ2n) is 12.6. The molecular formula is C39H49N3O4. The van der Waals surface area contributed by atoms with E-state index < -0.39 is 5.97 Å². The summed E-state index contributed by atoms with van der Waals surface area (Å²) in [5, 5.41) is 10.3. The van der Waals surface area contributed by atoms with Crippen molar-refractivity contribution in [2.45, 2.75) is 103 Å². The fourth-order valence-corrected chi connectivity index (χ4v) is 7.14. The van der Waals surface area contributed by atoms with E-state index in [1.54, 1.807) is 12.1 Å². The van der Waals surface area contributed by atoms with Gasteiger partial charge in [-0.1, -0.05) is 75.9 Å². The fourth-order valence-electron chi connectivity index (χ4n) is 7.14. The zero-order chi connectivity index (χ0) is 32.5. The number of benzene rings is 3. The van der Waals surface area contributed by atoms with Crippen LogP contribution in [-0.4, -0.2) is 28.2 Å². The Morgan fingerprint density at radius 3 is 2.41 bits per heavy atom. The zero-order valence-corrected chi connectivity index (χ0v) is 27.4. The number of hydrogen-bond donors (Lipinski definition) is 3. The van der Waals surface area contributed by atoms with Gasteiger partial charge in [-0.3, -0.25) is 10.2 Å². The van der Waals surface area contributed by atoms with Gasteiger partial charge in [0, 0.05) is 17.6 Å². The zero-order valence-electron chi connectivity index (χ0n) is 27.4. The number of unbranched alkanes of at least 4 members (excludes halogenated alkanes) is 4. The van der Waals surface area contributed by atoms with Gasteiger partial charge in [0.1, 0.15) is 5.75 Å². The summed E-state index contributed by atoms with van der Waals surface area (Å²) < 4.78 is 8.93. The molecule has 5 rings (SSSR count). The number of nitrogens with one attached hydrogen (secondary N) is 1. The number of aromatic nitrogens is 1. The first-order valence-corrected chi connectivity index (χ1v) is 17.1. The van der Waals surface area contributed by atoms with Crippen molar-refractivity contribution in [2.24, 2.45) is 5.84 Å². The summed E-state index contributed by atoms with van der Waals surface area (Å²) in [6.07, 6.45) is 12.2. The lowest BCUT2D eigenvalue weighted by atomic mass is 9.84. The van der Waals surface area contributed by atoms with E-state index in [0.717, 1.165) is 80.2 Å². The standard InChI is InChI=1S/C39H49N3O4/c1-3-5-6-7-8-15-30-24-32(46-23-12-13-27-19-21-29(22-20-27)39(44)45)25-34-36-33(38(43)41-40)17-11-18-35(36)42(37(30)34)26-31-16-10-9-14-28(31)4-2/h9-10,14,16,19-22,24-25,33H,3-8,11-13,15,17-18,23,26,40H2,1-2H3,(H,41,43)(H,44,45). The van der Waals surface area contributed by atoms with E-state index in [2.05, 4.69) is 60.2 Å². The molecule has 3 aromatic carbocycles. The number of carbonyl (C=O) groups is 2. The number of hydrazine groups is 1. The van der Waals surface area contributed by atoms with E-state index in [0.29, 0.717) is 12.2 Å². The molecule has 1 heterocycles. The van der Waals surface area contributed by atoms with Crippen LogP contribution in [0.4, 0.5) is 0 Å². The normalized spacial score (nSPS) is 14.3. The number of carboxylic acid groups (broad SMARTS) is 1. The number of fused-ring (bicyclic) bond motifs is 3. The molecule has 0 fully saturated rings. The van der Waals surface area contributed by atoms with Crippen LogP contribution >= 0.6 is 0 Å². The average Bonchev–Trinajstić information content (AvgIpc) is 3.40. The first-order valence-electron chi connectivity index (χ1n) is 17.1. The summed E-state index contributed by atoms with van der Waals surface area (Å²) >= 11 is 0. The van der Waals surface area contributed by atoms with Crippen LogP contribution in [0, 0.1) is 0 Å². The third kappa shape index (κ3) is 7.64. The molecule has 0 saturated carbocycles. The van der Waals surface area contributed by atoms with E-state index in [1.165, 1.54) is 53.6 Å². The Morgan fingerprint density at radius 2 is 1.70 bits per heavy atom. The van der Waals surface area contributed by atoms with Gasteiger partial charge in [-0.25, -0.2) is 10.6 Å². The molecule has 244 valence electrons. The number of carbonyl (C=O) groups excluding carboxylic acids is 1. The Labute approximate surface area is 273 Å². The minimum atomic E-state index is -0.914. The summed E-state index contributed by atoms with van der Waals surface area (Å²) in [5.74, 6) is 5.23. The molecule has 4 N–H and O–H groups in total. The molecule has 1 aliphatic carbocycles. The lowest BCUT2D eigenvalue weighted by Crippen LogP contribution is -2.36. The lowest BCUT2D eigenvalue weighted by Gasteiger charge is -2.23. The Morgan fingerprint density at radius 1 is 0.935 bits per heavy atom. The SMILES string of the molecule is CCCCCCCc1cc(OCCCc2ccc(C(=O)O)cc2)cc2c3c(n(Cc4ccccc4CC)c12)CCCC3C(=O)NN. The molecule has 1 aromatic heterocycles. The number of amides is 1. The highest BCUT2D eigenvalue weighted by atomic mass is 16.5. The van der Waals surface area contributed by atoms with Crippen LogP contribution in [0.3, 0.4) is 0 Å². The smallest absolute Gasteiger partial charge is 0.335 e. The van der Waals surface area contributed by atoms with Gasteiger partial charge in [0.25, 0.3) is 0 Å². The summed E-state index contributed by atoms with van der Waals surface area (Å²) in [5.41, 5.74) is 11.4. The summed E-state index contributed by atoms with van der Waals surface area (Å²) in [4.78, 5) is 24.4. The van der Waals surface area contributed by atoms with Crippen molar-refractivity contribution in [3.8, 4) is 5.75 Å². The number of nitrogens with two attached hydrogens (primary N) is 1. The number of carboxylic acids is 1. The van der Waals surface area contributed by atoms with Crippen LogP contribution in [0.15, 0.2) is 60.7 Å². The molecule has 0 radical (unpaired) electrons. The van der Waals surface area contributed by atoms with Gasteiger partial charge in [0.05, 0.1) is 23.6 Å². The van der Waals surface area contributed by atoms with Crippen LogP contribution in [0.2, 0.25) is 0 Å². The van der Waals surface area contributed by atoms with Gasteiger partial charge in [0.2, 0.25) is 5.91 Å².